The maximum Gasteiger partial charge on any atom is 0.251 e. The van der Waals surface area contributed by atoms with E-state index in [-0.39, 0.29) is 5.91 Å². The number of carbonyl (C=O) groups is 1. The van der Waals surface area contributed by atoms with E-state index in [1.54, 1.807) is 10.9 Å². The van der Waals surface area contributed by atoms with Crippen molar-refractivity contribution in [2.75, 3.05) is 0 Å². The SMILES string of the molecule is Cc1cc(CNC(=O)c2ccc(Cn3nnnc3C)cc2)cnc1C. The summed E-state index contributed by atoms with van der Waals surface area (Å²) in [6.07, 6.45) is 1.79. The van der Waals surface area contributed by atoms with Gasteiger partial charge in [-0.15, -0.1) is 5.10 Å². The molecule has 25 heavy (non-hydrogen) atoms. The number of carbonyl (C=O) groups excluding carboxylic acids is 1. The number of tetrazole rings is 1. The minimum absolute atomic E-state index is 0.108. The van der Waals surface area contributed by atoms with Gasteiger partial charge in [0, 0.05) is 24.0 Å². The highest BCUT2D eigenvalue weighted by molar-refractivity contribution is 5.94. The fourth-order valence-corrected chi connectivity index (χ4v) is 2.41. The van der Waals surface area contributed by atoms with Gasteiger partial charge in [0.2, 0.25) is 0 Å². The number of nitrogens with zero attached hydrogens (tertiary/aromatic N) is 5. The Morgan fingerprint density at radius 1 is 1.12 bits per heavy atom. The van der Waals surface area contributed by atoms with E-state index in [9.17, 15) is 4.79 Å². The third kappa shape index (κ3) is 4.06. The molecule has 0 saturated heterocycles. The van der Waals surface area contributed by atoms with Gasteiger partial charge >= 0.3 is 0 Å². The van der Waals surface area contributed by atoms with Gasteiger partial charge in [0.25, 0.3) is 5.91 Å². The molecular formula is C18H20N6O. The van der Waals surface area contributed by atoms with Gasteiger partial charge in [0.1, 0.15) is 5.82 Å². The topological polar surface area (TPSA) is 85.6 Å². The Bertz CT molecular complexity index is 885. The predicted octanol–water partition coefficient (Wildman–Crippen LogP) is 1.97. The molecule has 3 rings (SSSR count). The Morgan fingerprint density at radius 2 is 1.88 bits per heavy atom. The highest BCUT2D eigenvalue weighted by atomic mass is 16.1. The fourth-order valence-electron chi connectivity index (χ4n) is 2.41. The number of hydrogen-bond donors (Lipinski definition) is 1. The van der Waals surface area contributed by atoms with E-state index < -0.39 is 0 Å². The average molecular weight is 336 g/mol. The van der Waals surface area contributed by atoms with Gasteiger partial charge in [0.05, 0.1) is 6.54 Å². The second-order valence-electron chi connectivity index (χ2n) is 6.01. The number of amides is 1. The summed E-state index contributed by atoms with van der Waals surface area (Å²) < 4.78 is 1.71. The molecule has 2 aromatic heterocycles. The third-order valence-corrected chi connectivity index (χ3v) is 4.11. The van der Waals surface area contributed by atoms with E-state index in [0.29, 0.717) is 18.7 Å². The third-order valence-electron chi connectivity index (χ3n) is 4.11. The molecule has 0 fully saturated rings. The van der Waals surface area contributed by atoms with Crippen LogP contribution in [0.4, 0.5) is 0 Å². The number of nitrogens with one attached hydrogen (secondary N) is 1. The molecule has 0 spiro atoms. The van der Waals surface area contributed by atoms with Crippen LogP contribution in [0.15, 0.2) is 36.5 Å². The van der Waals surface area contributed by atoms with Crippen LogP contribution in [0.2, 0.25) is 0 Å². The van der Waals surface area contributed by atoms with E-state index in [1.165, 1.54) is 0 Å². The molecule has 1 aromatic carbocycles. The summed E-state index contributed by atoms with van der Waals surface area (Å²) in [4.78, 5) is 16.6. The van der Waals surface area contributed by atoms with Crippen molar-refractivity contribution in [3.8, 4) is 0 Å². The van der Waals surface area contributed by atoms with Crippen molar-refractivity contribution in [3.63, 3.8) is 0 Å². The standard InChI is InChI=1S/C18H20N6O/c1-12-8-16(9-19-13(12)2)10-20-18(25)17-6-4-15(5-7-17)11-24-14(3)21-22-23-24/h4-9H,10-11H2,1-3H3,(H,20,25). The number of rotatable bonds is 5. The monoisotopic (exact) mass is 336 g/mol. The molecule has 0 bridgehead atoms. The number of aryl methyl sites for hydroxylation is 3. The number of benzene rings is 1. The summed E-state index contributed by atoms with van der Waals surface area (Å²) in [7, 11) is 0. The molecule has 7 nitrogen and oxygen atoms in total. The van der Waals surface area contributed by atoms with Gasteiger partial charge in [-0.1, -0.05) is 18.2 Å². The lowest BCUT2D eigenvalue weighted by Crippen LogP contribution is -2.23. The summed E-state index contributed by atoms with van der Waals surface area (Å²) in [6.45, 7) is 6.87. The van der Waals surface area contributed by atoms with Crippen molar-refractivity contribution in [1.82, 2.24) is 30.5 Å². The molecule has 0 radical (unpaired) electrons. The van der Waals surface area contributed by atoms with Crippen molar-refractivity contribution in [2.45, 2.75) is 33.9 Å². The van der Waals surface area contributed by atoms with Crippen LogP contribution in [-0.4, -0.2) is 31.1 Å². The minimum Gasteiger partial charge on any atom is -0.348 e. The van der Waals surface area contributed by atoms with Gasteiger partial charge in [0.15, 0.2) is 0 Å². The molecule has 1 amide bonds. The van der Waals surface area contributed by atoms with Crippen LogP contribution in [0.1, 0.15) is 38.6 Å². The van der Waals surface area contributed by atoms with Crippen LogP contribution in [0, 0.1) is 20.8 Å². The van der Waals surface area contributed by atoms with Crippen LogP contribution in [0.3, 0.4) is 0 Å². The van der Waals surface area contributed by atoms with Gasteiger partial charge in [-0.05, 0) is 60.0 Å². The van der Waals surface area contributed by atoms with E-state index in [1.807, 2.05) is 51.1 Å². The van der Waals surface area contributed by atoms with E-state index in [2.05, 4.69) is 25.8 Å². The maximum atomic E-state index is 12.3. The first-order chi connectivity index (χ1) is 12.0. The first kappa shape index (κ1) is 16.8. The zero-order chi connectivity index (χ0) is 17.8. The second-order valence-corrected chi connectivity index (χ2v) is 6.01. The van der Waals surface area contributed by atoms with Crippen LogP contribution in [0.5, 0.6) is 0 Å². The van der Waals surface area contributed by atoms with Crippen molar-refractivity contribution < 1.29 is 4.79 Å². The van der Waals surface area contributed by atoms with Crippen molar-refractivity contribution in [3.05, 3.63) is 70.3 Å². The first-order valence-corrected chi connectivity index (χ1v) is 8.05. The van der Waals surface area contributed by atoms with E-state index in [0.717, 1.165) is 28.2 Å². The molecule has 3 aromatic rings. The zero-order valence-corrected chi connectivity index (χ0v) is 14.5. The van der Waals surface area contributed by atoms with E-state index in [4.69, 9.17) is 0 Å². The smallest absolute Gasteiger partial charge is 0.251 e. The highest BCUT2D eigenvalue weighted by Gasteiger charge is 2.07. The molecule has 0 atom stereocenters. The Morgan fingerprint density at radius 3 is 2.52 bits per heavy atom. The number of aromatic nitrogens is 5. The average Bonchev–Trinajstić information content (AvgIpc) is 3.01. The lowest BCUT2D eigenvalue weighted by Gasteiger charge is -2.08. The second kappa shape index (κ2) is 7.21. The summed E-state index contributed by atoms with van der Waals surface area (Å²) in [5.74, 6) is 0.646. The quantitative estimate of drug-likeness (QED) is 0.770. The zero-order valence-electron chi connectivity index (χ0n) is 14.5. The van der Waals surface area contributed by atoms with Gasteiger partial charge in [-0.25, -0.2) is 4.68 Å². The van der Waals surface area contributed by atoms with Crippen molar-refractivity contribution >= 4 is 5.91 Å². The number of hydrogen-bond acceptors (Lipinski definition) is 5. The Kier molecular flexibility index (Phi) is 4.83. The molecule has 128 valence electrons. The molecule has 0 unspecified atom stereocenters. The normalized spacial score (nSPS) is 10.7. The van der Waals surface area contributed by atoms with Gasteiger partial charge in [-0.2, -0.15) is 0 Å². The molecule has 0 aliphatic heterocycles. The largest absolute Gasteiger partial charge is 0.348 e. The van der Waals surface area contributed by atoms with Crippen LogP contribution >= 0.6 is 0 Å². The maximum absolute atomic E-state index is 12.3. The first-order valence-electron chi connectivity index (χ1n) is 8.05. The molecule has 2 heterocycles. The van der Waals surface area contributed by atoms with E-state index >= 15 is 0 Å². The molecule has 1 N–H and O–H groups in total. The number of pyridine rings is 1. The summed E-state index contributed by atoms with van der Waals surface area (Å²) in [5.41, 5.74) is 4.76. The van der Waals surface area contributed by atoms with Crippen LogP contribution in [-0.2, 0) is 13.1 Å². The molecule has 0 aliphatic rings. The van der Waals surface area contributed by atoms with Crippen LogP contribution in [0.25, 0.3) is 0 Å². The molecule has 7 heteroatoms. The Labute approximate surface area is 146 Å². The van der Waals surface area contributed by atoms with Crippen molar-refractivity contribution in [1.29, 1.82) is 0 Å². The molecular weight excluding hydrogens is 316 g/mol. The minimum atomic E-state index is -0.108. The highest BCUT2D eigenvalue weighted by Crippen LogP contribution is 2.09. The fraction of sp³-hybridized carbons (Fsp3) is 0.278. The summed E-state index contributed by atoms with van der Waals surface area (Å²) in [6, 6.07) is 9.48. The predicted molar refractivity (Wildman–Crippen MR) is 93.0 cm³/mol. The van der Waals surface area contributed by atoms with Gasteiger partial charge < -0.3 is 5.32 Å². The lowest BCUT2D eigenvalue weighted by molar-refractivity contribution is 0.0951. The molecule has 0 aliphatic carbocycles. The Hall–Kier alpha value is -3.09. The summed E-state index contributed by atoms with van der Waals surface area (Å²) >= 11 is 0. The lowest BCUT2D eigenvalue weighted by atomic mass is 10.1. The summed E-state index contributed by atoms with van der Waals surface area (Å²) in [5, 5.41) is 14.3. The molecule has 0 saturated carbocycles. The van der Waals surface area contributed by atoms with Crippen LogP contribution < -0.4 is 5.32 Å². The van der Waals surface area contributed by atoms with Crippen molar-refractivity contribution in [2.24, 2.45) is 0 Å². The van der Waals surface area contributed by atoms with Gasteiger partial charge in [-0.3, -0.25) is 9.78 Å². The Balaban J connectivity index is 1.60.